The van der Waals surface area contributed by atoms with Crippen LogP contribution >= 0.6 is 11.6 Å². The SMILES string of the molecule is CCCC[C@H](CC(=O)OC(C)(C)C)C(=O)NCc1cc(-c2ccc(Cl)cc2)no1. The molecule has 2 aromatic rings. The van der Waals surface area contributed by atoms with Gasteiger partial charge in [-0.15, -0.1) is 0 Å². The summed E-state index contributed by atoms with van der Waals surface area (Å²) >= 11 is 5.90. The molecule has 29 heavy (non-hydrogen) atoms. The highest BCUT2D eigenvalue weighted by atomic mass is 35.5. The van der Waals surface area contributed by atoms with Gasteiger partial charge < -0.3 is 14.6 Å². The minimum atomic E-state index is -0.569. The monoisotopic (exact) mass is 420 g/mol. The van der Waals surface area contributed by atoms with Crippen molar-refractivity contribution >= 4 is 23.5 Å². The van der Waals surface area contributed by atoms with Gasteiger partial charge in [-0.05, 0) is 39.3 Å². The number of carbonyl (C=O) groups is 2. The molecule has 2 rings (SSSR count). The summed E-state index contributed by atoms with van der Waals surface area (Å²) in [4.78, 5) is 24.8. The minimum Gasteiger partial charge on any atom is -0.460 e. The van der Waals surface area contributed by atoms with Gasteiger partial charge in [0.15, 0.2) is 5.76 Å². The third-order valence-electron chi connectivity index (χ3n) is 4.25. The summed E-state index contributed by atoms with van der Waals surface area (Å²) in [5, 5.41) is 7.53. The zero-order valence-electron chi connectivity index (χ0n) is 17.5. The third-order valence-corrected chi connectivity index (χ3v) is 4.50. The number of unbranched alkanes of at least 4 members (excludes halogenated alkanes) is 1. The maximum atomic E-state index is 12.6. The number of hydrogen-bond donors (Lipinski definition) is 1. The molecule has 1 N–H and O–H groups in total. The van der Waals surface area contributed by atoms with Crippen molar-refractivity contribution in [3.05, 3.63) is 41.1 Å². The van der Waals surface area contributed by atoms with Crippen LogP contribution in [0.2, 0.25) is 5.02 Å². The van der Waals surface area contributed by atoms with Gasteiger partial charge in [-0.2, -0.15) is 0 Å². The Morgan fingerprint density at radius 1 is 1.24 bits per heavy atom. The number of ether oxygens (including phenoxy) is 1. The molecule has 0 spiro atoms. The van der Waals surface area contributed by atoms with E-state index < -0.39 is 11.5 Å². The molecule has 1 heterocycles. The van der Waals surface area contributed by atoms with Crippen LogP contribution < -0.4 is 5.32 Å². The molecule has 0 saturated heterocycles. The maximum absolute atomic E-state index is 12.6. The van der Waals surface area contributed by atoms with Crippen LogP contribution in [-0.2, 0) is 20.9 Å². The first-order chi connectivity index (χ1) is 13.7. The van der Waals surface area contributed by atoms with Gasteiger partial charge in [-0.25, -0.2) is 0 Å². The summed E-state index contributed by atoms with van der Waals surface area (Å²) < 4.78 is 10.7. The fraction of sp³-hybridized carbons (Fsp3) is 0.500. The number of benzene rings is 1. The zero-order chi connectivity index (χ0) is 21.4. The van der Waals surface area contributed by atoms with Gasteiger partial charge in [0.05, 0.1) is 13.0 Å². The number of carbonyl (C=O) groups excluding carboxylic acids is 2. The molecular weight excluding hydrogens is 392 g/mol. The molecule has 1 atom stereocenters. The molecule has 1 aromatic heterocycles. The van der Waals surface area contributed by atoms with Crippen LogP contribution in [0.15, 0.2) is 34.9 Å². The molecular formula is C22H29ClN2O4. The van der Waals surface area contributed by atoms with Crippen molar-refractivity contribution in [3.8, 4) is 11.3 Å². The van der Waals surface area contributed by atoms with Crippen molar-refractivity contribution in [1.29, 1.82) is 0 Å². The number of aromatic nitrogens is 1. The van der Waals surface area contributed by atoms with Crippen molar-refractivity contribution in [1.82, 2.24) is 10.5 Å². The van der Waals surface area contributed by atoms with Crippen molar-refractivity contribution in [2.45, 2.75) is 65.5 Å². The first-order valence-corrected chi connectivity index (χ1v) is 10.3. The van der Waals surface area contributed by atoms with E-state index in [0.29, 0.717) is 22.9 Å². The Hall–Kier alpha value is -2.34. The van der Waals surface area contributed by atoms with Crippen molar-refractivity contribution in [2.24, 2.45) is 5.92 Å². The van der Waals surface area contributed by atoms with E-state index in [9.17, 15) is 9.59 Å². The van der Waals surface area contributed by atoms with E-state index in [0.717, 1.165) is 18.4 Å². The van der Waals surface area contributed by atoms with E-state index in [-0.39, 0.29) is 24.8 Å². The molecule has 0 aliphatic heterocycles. The molecule has 1 amide bonds. The predicted octanol–water partition coefficient (Wildman–Crippen LogP) is 5.15. The zero-order valence-corrected chi connectivity index (χ0v) is 18.2. The van der Waals surface area contributed by atoms with Gasteiger partial charge in [0, 0.05) is 22.6 Å². The molecule has 0 unspecified atom stereocenters. The largest absolute Gasteiger partial charge is 0.460 e. The summed E-state index contributed by atoms with van der Waals surface area (Å²) in [5.41, 5.74) is 0.976. The Bertz CT molecular complexity index is 809. The molecule has 158 valence electrons. The normalized spacial score (nSPS) is 12.4. The van der Waals surface area contributed by atoms with Crippen LogP contribution in [0.5, 0.6) is 0 Å². The van der Waals surface area contributed by atoms with Crippen molar-refractivity contribution in [3.63, 3.8) is 0 Å². The van der Waals surface area contributed by atoms with E-state index in [2.05, 4.69) is 17.4 Å². The summed E-state index contributed by atoms with van der Waals surface area (Å²) in [6, 6.07) is 9.04. The maximum Gasteiger partial charge on any atom is 0.307 e. The summed E-state index contributed by atoms with van der Waals surface area (Å²) in [5.74, 6) is -0.439. The molecule has 0 radical (unpaired) electrons. The molecule has 0 aliphatic rings. The van der Waals surface area contributed by atoms with Gasteiger partial charge >= 0.3 is 5.97 Å². The fourth-order valence-corrected chi connectivity index (χ4v) is 2.96. The van der Waals surface area contributed by atoms with E-state index in [1.165, 1.54) is 0 Å². The number of esters is 1. The van der Waals surface area contributed by atoms with Gasteiger partial charge in [0.1, 0.15) is 11.3 Å². The van der Waals surface area contributed by atoms with Crippen LogP contribution in [0.3, 0.4) is 0 Å². The van der Waals surface area contributed by atoms with Crippen LogP contribution in [-0.4, -0.2) is 22.6 Å². The molecule has 0 bridgehead atoms. The second-order valence-corrected chi connectivity index (χ2v) is 8.47. The quantitative estimate of drug-likeness (QED) is 0.567. The first kappa shape index (κ1) is 22.9. The van der Waals surface area contributed by atoms with Crippen LogP contribution in [0.4, 0.5) is 0 Å². The minimum absolute atomic E-state index is 0.0650. The molecule has 1 aromatic carbocycles. The Labute approximate surface area is 176 Å². The van der Waals surface area contributed by atoms with Crippen molar-refractivity contribution < 1.29 is 18.8 Å². The molecule has 0 saturated carbocycles. The summed E-state index contributed by atoms with van der Waals surface area (Å²) in [7, 11) is 0. The number of amides is 1. The third kappa shape index (κ3) is 7.89. The van der Waals surface area contributed by atoms with E-state index in [1.54, 1.807) is 18.2 Å². The highest BCUT2D eigenvalue weighted by Gasteiger charge is 2.25. The molecule has 0 fully saturated rings. The van der Waals surface area contributed by atoms with E-state index in [1.807, 2.05) is 32.9 Å². The Balaban J connectivity index is 1.95. The molecule has 6 nitrogen and oxygen atoms in total. The lowest BCUT2D eigenvalue weighted by atomic mass is 9.97. The predicted molar refractivity (Wildman–Crippen MR) is 112 cm³/mol. The standard InChI is InChI=1S/C22H29ClN2O4/c1-5-6-7-16(12-20(26)28-22(2,3)4)21(27)24-14-18-13-19(25-29-18)15-8-10-17(23)11-9-15/h8-11,13,16H,5-7,12,14H2,1-4H3,(H,24,27)/t16-/m1/s1. The average molecular weight is 421 g/mol. The van der Waals surface area contributed by atoms with E-state index in [4.69, 9.17) is 20.9 Å². The van der Waals surface area contributed by atoms with Gasteiger partial charge in [-0.1, -0.05) is 48.7 Å². The fourth-order valence-electron chi connectivity index (χ4n) is 2.83. The Morgan fingerprint density at radius 2 is 1.93 bits per heavy atom. The smallest absolute Gasteiger partial charge is 0.307 e. The first-order valence-electron chi connectivity index (χ1n) is 9.89. The number of hydrogen-bond acceptors (Lipinski definition) is 5. The lowest BCUT2D eigenvalue weighted by Gasteiger charge is -2.22. The Kier molecular flexibility index (Phi) is 8.26. The second kappa shape index (κ2) is 10.4. The van der Waals surface area contributed by atoms with Crippen LogP contribution in [0.25, 0.3) is 11.3 Å². The highest BCUT2D eigenvalue weighted by molar-refractivity contribution is 6.30. The highest BCUT2D eigenvalue weighted by Crippen LogP contribution is 2.22. The van der Waals surface area contributed by atoms with Crippen molar-refractivity contribution in [2.75, 3.05) is 0 Å². The number of rotatable bonds is 9. The molecule has 7 heteroatoms. The van der Waals surface area contributed by atoms with Gasteiger partial charge in [0.2, 0.25) is 5.91 Å². The number of nitrogens with zero attached hydrogens (tertiary/aromatic N) is 1. The van der Waals surface area contributed by atoms with Crippen LogP contribution in [0, 0.1) is 5.92 Å². The summed E-state index contributed by atoms with van der Waals surface area (Å²) in [6.45, 7) is 7.70. The topological polar surface area (TPSA) is 81.4 Å². The second-order valence-electron chi connectivity index (χ2n) is 8.03. The lowest BCUT2D eigenvalue weighted by Crippen LogP contribution is -2.33. The van der Waals surface area contributed by atoms with E-state index >= 15 is 0 Å². The lowest BCUT2D eigenvalue weighted by molar-refractivity contribution is -0.157. The summed E-state index contributed by atoms with van der Waals surface area (Å²) in [6.07, 6.45) is 2.51. The average Bonchev–Trinajstić information content (AvgIpc) is 3.11. The van der Waals surface area contributed by atoms with Crippen LogP contribution in [0.1, 0.15) is 59.1 Å². The molecule has 0 aliphatic carbocycles. The number of nitrogens with one attached hydrogen (secondary N) is 1. The van der Waals surface area contributed by atoms with Gasteiger partial charge in [-0.3, -0.25) is 9.59 Å². The number of halogens is 1. The Morgan fingerprint density at radius 3 is 2.55 bits per heavy atom. The van der Waals surface area contributed by atoms with Gasteiger partial charge in [0.25, 0.3) is 0 Å².